The van der Waals surface area contributed by atoms with Crippen molar-refractivity contribution in [2.24, 2.45) is 0 Å². The minimum Gasteiger partial charge on any atom is -0.462 e. The van der Waals surface area contributed by atoms with Crippen LogP contribution in [0.2, 0.25) is 0 Å². The van der Waals surface area contributed by atoms with E-state index in [1.807, 2.05) is 37.3 Å². The zero-order valence-electron chi connectivity index (χ0n) is 42.1. The zero-order valence-corrected chi connectivity index (χ0v) is 43.9. The van der Waals surface area contributed by atoms with E-state index in [0.717, 1.165) is 101 Å². The van der Waals surface area contributed by atoms with Crippen LogP contribution in [0.15, 0.2) is 65.7 Å². The Morgan fingerprint density at radius 3 is 1.92 bits per heavy atom. The first-order chi connectivity index (χ1) is 34.1. The van der Waals surface area contributed by atoms with Crippen LogP contribution >= 0.6 is 15.6 Å². The molecule has 8 atom stereocenters. The SMILES string of the molecule is CC/C=C/CC(O)/C=C/C=C/CCCCCCCC(=O)O[C@H](COC(=O)CCCCCCCCC/C=C\CCCCCCCC)COP(=O)(O)OP(=O)(O)OC[C@H]1O[C@@H](n2ccc(N)nc2=O)[C@H](O)[C@@H]1O. The van der Waals surface area contributed by atoms with E-state index >= 15 is 0 Å². The Bertz CT molecular complexity index is 1890. The molecule has 1 saturated heterocycles. The lowest BCUT2D eigenvalue weighted by Gasteiger charge is -2.21. The molecule has 0 saturated carbocycles. The van der Waals surface area contributed by atoms with Crippen molar-refractivity contribution in [3.05, 3.63) is 71.4 Å². The number of carbonyl (C=O) groups is 2. The maximum atomic E-state index is 12.9. The van der Waals surface area contributed by atoms with E-state index in [1.165, 1.54) is 44.6 Å². The lowest BCUT2D eigenvalue weighted by atomic mass is 10.1. The number of hydrogen-bond acceptors (Lipinski definition) is 16. The van der Waals surface area contributed by atoms with Gasteiger partial charge in [-0.15, -0.1) is 0 Å². The van der Waals surface area contributed by atoms with Gasteiger partial charge in [-0.2, -0.15) is 9.29 Å². The number of hydrogen-bond donors (Lipinski definition) is 6. The number of nitrogens with two attached hydrogens (primary N) is 1. The Morgan fingerprint density at radius 1 is 0.746 bits per heavy atom. The summed E-state index contributed by atoms with van der Waals surface area (Å²) in [5.74, 6) is -1.36. The molecule has 2 rings (SSSR count). The second-order valence-corrected chi connectivity index (χ2v) is 20.9. The second-order valence-electron chi connectivity index (χ2n) is 17.8. The molecule has 71 heavy (non-hydrogen) atoms. The topological polar surface area (TPSA) is 286 Å². The Kier molecular flexibility index (Phi) is 34.4. The van der Waals surface area contributed by atoms with E-state index in [9.17, 15) is 48.6 Å². The number of unbranched alkanes of at least 4 members (excludes halogenated alkanes) is 18. The molecule has 7 N–H and O–H groups in total. The molecule has 1 aromatic rings. The van der Waals surface area contributed by atoms with Crippen molar-refractivity contribution in [1.29, 1.82) is 0 Å². The summed E-state index contributed by atoms with van der Waals surface area (Å²) < 4.78 is 56.7. The first-order valence-corrected chi connectivity index (χ1v) is 28.7. The van der Waals surface area contributed by atoms with Gasteiger partial charge in [0.05, 0.1) is 19.3 Å². The molecule has 406 valence electrons. The van der Waals surface area contributed by atoms with E-state index in [0.29, 0.717) is 19.3 Å². The highest BCUT2D eigenvalue weighted by Gasteiger charge is 2.46. The third-order valence-corrected chi connectivity index (χ3v) is 14.1. The number of phosphoric ester groups is 2. The van der Waals surface area contributed by atoms with Crippen molar-refractivity contribution in [1.82, 2.24) is 9.55 Å². The van der Waals surface area contributed by atoms with Gasteiger partial charge in [0.25, 0.3) is 0 Å². The highest BCUT2D eigenvalue weighted by atomic mass is 31.3. The second kappa shape index (κ2) is 38.3. The molecule has 1 aromatic heterocycles. The Labute approximate surface area is 421 Å². The summed E-state index contributed by atoms with van der Waals surface area (Å²) in [5.41, 5.74) is 4.58. The lowest BCUT2D eigenvalue weighted by molar-refractivity contribution is -0.161. The van der Waals surface area contributed by atoms with Crippen LogP contribution < -0.4 is 11.4 Å². The predicted molar refractivity (Wildman–Crippen MR) is 272 cm³/mol. The van der Waals surface area contributed by atoms with Gasteiger partial charge in [0.2, 0.25) is 0 Å². The Balaban J connectivity index is 1.81. The van der Waals surface area contributed by atoms with Crippen molar-refractivity contribution in [2.45, 2.75) is 211 Å². The summed E-state index contributed by atoms with van der Waals surface area (Å²) in [5, 5.41) is 30.8. The van der Waals surface area contributed by atoms with Gasteiger partial charge in [-0.3, -0.25) is 23.2 Å². The number of aliphatic hydroxyl groups excluding tert-OH is 3. The first kappa shape index (κ1) is 63.8. The lowest BCUT2D eigenvalue weighted by Crippen LogP contribution is -2.36. The molecule has 1 aliphatic rings. The van der Waals surface area contributed by atoms with Crippen molar-refractivity contribution >= 4 is 33.4 Å². The van der Waals surface area contributed by atoms with Crippen LogP contribution in [0.3, 0.4) is 0 Å². The minimum absolute atomic E-state index is 0.00194. The van der Waals surface area contributed by atoms with Gasteiger partial charge in [0.15, 0.2) is 12.3 Å². The number of anilines is 1. The van der Waals surface area contributed by atoms with E-state index in [-0.39, 0.29) is 18.7 Å². The molecule has 0 amide bonds. The number of phosphoric acid groups is 2. The molecule has 19 nitrogen and oxygen atoms in total. The average molecular weight is 1050 g/mol. The number of allylic oxidation sites excluding steroid dienone is 6. The van der Waals surface area contributed by atoms with Crippen molar-refractivity contribution in [3.8, 4) is 0 Å². The van der Waals surface area contributed by atoms with Gasteiger partial charge in [-0.25, -0.2) is 13.9 Å². The Morgan fingerprint density at radius 2 is 1.31 bits per heavy atom. The fourth-order valence-electron chi connectivity index (χ4n) is 7.46. The first-order valence-electron chi connectivity index (χ1n) is 25.8. The van der Waals surface area contributed by atoms with Gasteiger partial charge >= 0.3 is 33.3 Å². The summed E-state index contributed by atoms with van der Waals surface area (Å²) in [6.07, 6.45) is 32.3. The van der Waals surface area contributed by atoms with Crippen molar-refractivity contribution in [2.75, 3.05) is 25.6 Å². The van der Waals surface area contributed by atoms with Crippen LogP contribution in [0.25, 0.3) is 0 Å². The maximum Gasteiger partial charge on any atom is 0.481 e. The molecule has 3 unspecified atom stereocenters. The van der Waals surface area contributed by atoms with Crippen LogP contribution in [0, 0.1) is 0 Å². The van der Waals surface area contributed by atoms with Crippen molar-refractivity contribution < 1.29 is 71.4 Å². The fourth-order valence-corrected chi connectivity index (χ4v) is 9.57. The smallest absolute Gasteiger partial charge is 0.462 e. The number of aliphatic hydroxyl groups is 3. The molecule has 0 aromatic carbocycles. The molecule has 1 fully saturated rings. The van der Waals surface area contributed by atoms with Gasteiger partial charge in [0.1, 0.15) is 30.7 Å². The van der Waals surface area contributed by atoms with E-state index in [1.54, 1.807) is 6.08 Å². The van der Waals surface area contributed by atoms with Crippen LogP contribution in [-0.4, -0.2) is 96.9 Å². The van der Waals surface area contributed by atoms with Crippen molar-refractivity contribution in [3.63, 3.8) is 0 Å². The van der Waals surface area contributed by atoms with E-state index in [4.69, 9.17) is 29.0 Å². The van der Waals surface area contributed by atoms with Gasteiger partial charge in [-0.05, 0) is 70.3 Å². The number of rotatable bonds is 42. The molecule has 0 spiro atoms. The Hall–Kier alpha value is -3.32. The van der Waals surface area contributed by atoms with Crippen LogP contribution in [0.4, 0.5) is 5.82 Å². The molecule has 1 aliphatic heterocycles. The molecule has 0 radical (unpaired) electrons. The number of ether oxygens (including phenoxy) is 3. The summed E-state index contributed by atoms with van der Waals surface area (Å²) >= 11 is 0. The summed E-state index contributed by atoms with van der Waals surface area (Å²) in [6.45, 7) is 1.91. The molecule has 0 aliphatic carbocycles. The van der Waals surface area contributed by atoms with Gasteiger partial charge < -0.3 is 45.1 Å². The van der Waals surface area contributed by atoms with Gasteiger partial charge in [-0.1, -0.05) is 146 Å². The van der Waals surface area contributed by atoms with Crippen LogP contribution in [0.5, 0.6) is 0 Å². The quantitative estimate of drug-likeness (QED) is 0.0117. The van der Waals surface area contributed by atoms with E-state index in [2.05, 4.69) is 28.4 Å². The third-order valence-electron chi connectivity index (χ3n) is 11.5. The summed E-state index contributed by atoms with van der Waals surface area (Å²) in [4.78, 5) is 61.9. The minimum atomic E-state index is -5.44. The number of carbonyl (C=O) groups excluding carboxylic acids is 2. The molecule has 0 bridgehead atoms. The average Bonchev–Trinajstić information content (AvgIpc) is 3.60. The van der Waals surface area contributed by atoms with Crippen LogP contribution in [0.1, 0.15) is 181 Å². The van der Waals surface area contributed by atoms with Crippen LogP contribution in [-0.2, 0) is 46.3 Å². The normalized spacial score (nSPS) is 20.0. The number of nitrogens with zero attached hydrogens (tertiary/aromatic N) is 2. The van der Waals surface area contributed by atoms with E-state index < -0.39 is 89.8 Å². The summed E-state index contributed by atoms with van der Waals surface area (Å²) in [6, 6.07) is 1.24. The summed E-state index contributed by atoms with van der Waals surface area (Å²) in [7, 11) is -10.9. The zero-order chi connectivity index (χ0) is 52.2. The number of nitrogen functional groups attached to an aromatic ring is 1. The predicted octanol–water partition coefficient (Wildman–Crippen LogP) is 9.53. The molecular formula is C50H85N3O16P2. The standard InChI is InChI=1S/C50H85N3O16P2/c1-3-5-7-8-9-10-11-12-13-14-15-16-17-20-23-26-30-34-45(55)64-38-42(67-46(56)35-31-27-24-21-18-19-22-25-29-33-41(54)32-28-6-4-2)39-65-70(60,61)69-71(62,63)66-40-43-47(57)48(58)49(68-43)53-37-36-44(51)52-50(53)59/h6,12-13,22,25,28-29,33,36-37,41-43,47-49,54,57-58H,3-5,7-11,14-21,23-24,26-27,30-32,34-35,38-40H2,1-2H3,(H,60,61)(H,62,63)(H2,51,52,59)/b13-12-,25-22+,28-6+,33-29+/t41?,42-,43-,47-,48-,49-/m1/s1. The van der Waals surface area contributed by atoms with Gasteiger partial charge in [0, 0.05) is 19.0 Å². The third kappa shape index (κ3) is 31.1. The monoisotopic (exact) mass is 1050 g/mol. The molecular weight excluding hydrogens is 961 g/mol. The number of esters is 2. The molecule has 2 heterocycles. The fraction of sp³-hybridized carbons (Fsp3) is 0.720. The largest absolute Gasteiger partial charge is 0.481 e. The number of aromatic nitrogens is 2. The molecule has 21 heteroatoms. The highest BCUT2D eigenvalue weighted by Crippen LogP contribution is 2.60. The highest BCUT2D eigenvalue weighted by molar-refractivity contribution is 7.61. The maximum absolute atomic E-state index is 12.9.